The Labute approximate surface area is 332 Å². The summed E-state index contributed by atoms with van der Waals surface area (Å²) in [5, 5.41) is 9.16. The van der Waals surface area contributed by atoms with Gasteiger partial charge in [0.2, 0.25) is 0 Å². The van der Waals surface area contributed by atoms with Gasteiger partial charge in [0.15, 0.2) is 17.5 Å². The molecule has 3 heterocycles. The number of aromatic nitrogens is 3. The minimum absolute atomic E-state index is 0.549. The normalized spacial score (nSPS) is 11.8. The molecule has 0 bridgehead atoms. The summed E-state index contributed by atoms with van der Waals surface area (Å²) in [5.41, 5.74) is 10.4. The molecule has 58 heavy (non-hydrogen) atoms. The topological polar surface area (TPSA) is 65.0 Å². The van der Waals surface area contributed by atoms with Gasteiger partial charge in [-0.1, -0.05) is 152 Å². The van der Waals surface area contributed by atoms with Gasteiger partial charge < -0.3 is 8.83 Å². The Hall–Kier alpha value is -7.89. The lowest BCUT2D eigenvalue weighted by molar-refractivity contribution is 0.669. The van der Waals surface area contributed by atoms with Crippen molar-refractivity contribution < 1.29 is 8.83 Å². The summed E-state index contributed by atoms with van der Waals surface area (Å²) < 4.78 is 12.6. The molecule has 12 rings (SSSR count). The van der Waals surface area contributed by atoms with Gasteiger partial charge in [-0.25, -0.2) is 15.0 Å². The van der Waals surface area contributed by atoms with Crippen LogP contribution in [0.2, 0.25) is 0 Å². The van der Waals surface area contributed by atoms with E-state index in [1.165, 1.54) is 21.5 Å². The van der Waals surface area contributed by atoms with Crippen molar-refractivity contribution in [2.75, 3.05) is 0 Å². The monoisotopic (exact) mass is 741 g/mol. The maximum Gasteiger partial charge on any atom is 0.167 e. The average molecular weight is 742 g/mol. The van der Waals surface area contributed by atoms with Gasteiger partial charge in [0.25, 0.3) is 0 Å². The predicted octanol–water partition coefficient (Wildman–Crippen LogP) is 14.3. The van der Waals surface area contributed by atoms with Crippen molar-refractivity contribution >= 4 is 65.4 Å². The number of rotatable bonds is 5. The molecule has 9 aromatic carbocycles. The van der Waals surface area contributed by atoms with Crippen LogP contribution in [0.5, 0.6) is 0 Å². The summed E-state index contributed by atoms with van der Waals surface area (Å²) in [6, 6.07) is 65.3. The first-order chi connectivity index (χ1) is 28.7. The minimum Gasteiger partial charge on any atom is -0.456 e. The van der Waals surface area contributed by atoms with Gasteiger partial charge in [-0.15, -0.1) is 0 Å². The molecule has 0 aliphatic rings. The van der Waals surface area contributed by atoms with E-state index in [-0.39, 0.29) is 0 Å². The number of nitrogens with zero attached hydrogens (tertiary/aromatic N) is 3. The van der Waals surface area contributed by atoms with E-state index < -0.39 is 0 Å². The van der Waals surface area contributed by atoms with E-state index in [0.29, 0.717) is 17.5 Å². The number of furan rings is 2. The molecule has 0 N–H and O–H groups in total. The van der Waals surface area contributed by atoms with Gasteiger partial charge in [0, 0.05) is 32.7 Å². The first-order valence-corrected chi connectivity index (χ1v) is 19.4. The van der Waals surface area contributed by atoms with Crippen molar-refractivity contribution in [3.05, 3.63) is 188 Å². The summed E-state index contributed by atoms with van der Waals surface area (Å²) in [4.78, 5) is 15.5. The van der Waals surface area contributed by atoms with E-state index in [0.717, 1.165) is 82.8 Å². The zero-order chi connectivity index (χ0) is 38.2. The number of benzene rings is 9. The molecular formula is C53H31N3O2. The fourth-order valence-electron chi connectivity index (χ4n) is 8.52. The third-order valence-corrected chi connectivity index (χ3v) is 11.3. The van der Waals surface area contributed by atoms with E-state index in [1.54, 1.807) is 0 Å². The maximum absolute atomic E-state index is 6.49. The molecular weight excluding hydrogens is 711 g/mol. The Morgan fingerprint density at radius 3 is 1.72 bits per heavy atom. The zero-order valence-electron chi connectivity index (χ0n) is 31.1. The van der Waals surface area contributed by atoms with Crippen LogP contribution in [0.1, 0.15) is 0 Å². The first-order valence-electron chi connectivity index (χ1n) is 19.4. The smallest absolute Gasteiger partial charge is 0.167 e. The highest BCUT2D eigenvalue weighted by atomic mass is 16.3. The minimum atomic E-state index is 0.549. The molecule has 12 aromatic rings. The van der Waals surface area contributed by atoms with Crippen LogP contribution < -0.4 is 0 Å². The molecule has 0 fully saturated rings. The van der Waals surface area contributed by atoms with E-state index in [9.17, 15) is 0 Å². The predicted molar refractivity (Wildman–Crippen MR) is 237 cm³/mol. The lowest BCUT2D eigenvalue weighted by atomic mass is 9.93. The lowest BCUT2D eigenvalue weighted by Crippen LogP contribution is -2.00. The van der Waals surface area contributed by atoms with Crippen LogP contribution in [-0.4, -0.2) is 15.0 Å². The van der Waals surface area contributed by atoms with Crippen LogP contribution in [0, 0.1) is 0 Å². The second-order valence-corrected chi connectivity index (χ2v) is 14.7. The Balaban J connectivity index is 1.01. The Morgan fingerprint density at radius 2 is 0.862 bits per heavy atom. The maximum atomic E-state index is 6.49. The second kappa shape index (κ2) is 12.8. The second-order valence-electron chi connectivity index (χ2n) is 14.7. The van der Waals surface area contributed by atoms with Crippen molar-refractivity contribution in [3.8, 4) is 56.4 Å². The molecule has 0 unspecified atom stereocenters. The molecule has 0 aliphatic heterocycles. The summed E-state index contributed by atoms with van der Waals surface area (Å²) >= 11 is 0. The highest BCUT2D eigenvalue weighted by molar-refractivity contribution is 6.14. The SMILES string of the molecule is c1cc(-c2nc(-c3ccc(-c4ccc5oc6ccccc6c5c4)cc3)nc(-c3cccc4c3oc3ccccc34)n2)cc(-c2cccc3ccc4ccccc4c23)c1. The van der Waals surface area contributed by atoms with Crippen molar-refractivity contribution in [1.29, 1.82) is 0 Å². The van der Waals surface area contributed by atoms with Gasteiger partial charge in [-0.3, -0.25) is 0 Å². The first kappa shape index (κ1) is 32.4. The van der Waals surface area contributed by atoms with E-state index in [2.05, 4.69) is 140 Å². The van der Waals surface area contributed by atoms with Crippen LogP contribution >= 0.6 is 0 Å². The highest BCUT2D eigenvalue weighted by Gasteiger charge is 2.19. The fourth-order valence-corrected chi connectivity index (χ4v) is 8.52. The van der Waals surface area contributed by atoms with Crippen molar-refractivity contribution in [2.45, 2.75) is 0 Å². The molecule has 0 amide bonds. The summed E-state index contributed by atoms with van der Waals surface area (Å²) in [5.74, 6) is 1.71. The molecule has 0 saturated carbocycles. The van der Waals surface area contributed by atoms with E-state index in [4.69, 9.17) is 23.8 Å². The molecule has 3 aromatic heterocycles. The number of hydrogen-bond acceptors (Lipinski definition) is 5. The quantitative estimate of drug-likeness (QED) is 0.164. The van der Waals surface area contributed by atoms with E-state index >= 15 is 0 Å². The molecule has 0 aliphatic carbocycles. The zero-order valence-corrected chi connectivity index (χ0v) is 31.1. The molecule has 0 spiro atoms. The highest BCUT2D eigenvalue weighted by Crippen LogP contribution is 2.39. The average Bonchev–Trinajstić information content (AvgIpc) is 3.87. The van der Waals surface area contributed by atoms with Gasteiger partial charge >= 0.3 is 0 Å². The van der Waals surface area contributed by atoms with Crippen molar-refractivity contribution in [2.24, 2.45) is 0 Å². The molecule has 5 nitrogen and oxygen atoms in total. The summed E-state index contributed by atoms with van der Waals surface area (Å²) in [7, 11) is 0. The Bertz CT molecular complexity index is 3580. The largest absolute Gasteiger partial charge is 0.456 e. The Kier molecular flexibility index (Phi) is 7.16. The molecule has 270 valence electrons. The third-order valence-electron chi connectivity index (χ3n) is 11.3. The lowest BCUT2D eigenvalue weighted by Gasteiger charge is -2.12. The van der Waals surface area contributed by atoms with Crippen molar-refractivity contribution in [1.82, 2.24) is 15.0 Å². The van der Waals surface area contributed by atoms with Gasteiger partial charge in [-0.2, -0.15) is 0 Å². The van der Waals surface area contributed by atoms with Crippen LogP contribution in [0.4, 0.5) is 0 Å². The molecule has 0 saturated heterocycles. The fraction of sp³-hybridized carbons (Fsp3) is 0. The van der Waals surface area contributed by atoms with Gasteiger partial charge in [0.05, 0.1) is 5.56 Å². The summed E-state index contributed by atoms with van der Waals surface area (Å²) in [6.07, 6.45) is 0. The molecule has 5 heteroatoms. The van der Waals surface area contributed by atoms with Crippen LogP contribution in [-0.2, 0) is 0 Å². The number of fused-ring (bicyclic) bond motifs is 9. The van der Waals surface area contributed by atoms with Crippen LogP contribution in [0.3, 0.4) is 0 Å². The standard InChI is InChI=1S/C53H31N3O2/c1-2-14-39-33(10-1)24-25-34-11-8-17-40(49(34)39)37-12-7-13-38(30-37)52-54-51(55-53(56-52)44-19-9-18-43-41-15-3-6-21-47(41)58-50(43)44)35-26-22-32(23-27-35)36-28-29-48-45(31-36)42-16-4-5-20-46(42)57-48/h1-31H. The number of para-hydroxylation sites is 3. The third kappa shape index (κ3) is 5.21. The van der Waals surface area contributed by atoms with Crippen LogP contribution in [0.25, 0.3) is 122 Å². The molecule has 0 atom stereocenters. The Morgan fingerprint density at radius 1 is 0.293 bits per heavy atom. The summed E-state index contributed by atoms with van der Waals surface area (Å²) in [6.45, 7) is 0. The van der Waals surface area contributed by atoms with Crippen LogP contribution in [0.15, 0.2) is 197 Å². The van der Waals surface area contributed by atoms with Crippen molar-refractivity contribution in [3.63, 3.8) is 0 Å². The van der Waals surface area contributed by atoms with Gasteiger partial charge in [-0.05, 0) is 80.2 Å². The van der Waals surface area contributed by atoms with Gasteiger partial charge in [0.1, 0.15) is 22.3 Å². The number of hydrogen-bond donors (Lipinski definition) is 0. The van der Waals surface area contributed by atoms with E-state index in [1.807, 2.05) is 48.5 Å². The molecule has 0 radical (unpaired) electrons.